The molecule has 0 amide bonds. The van der Waals surface area contributed by atoms with Crippen LogP contribution in [0.2, 0.25) is 0 Å². The average molecular weight is 257 g/mol. The van der Waals surface area contributed by atoms with E-state index in [-0.39, 0.29) is 22.5 Å². The molecule has 0 heterocycles. The first-order chi connectivity index (χ1) is 6.92. The van der Waals surface area contributed by atoms with Gasteiger partial charge in [-0.25, -0.2) is 0 Å². The van der Waals surface area contributed by atoms with Crippen LogP contribution in [0.25, 0.3) is 0 Å². The molecule has 0 fully saturated rings. The Hall–Kier alpha value is -0.390. The Labute approximate surface area is 94.2 Å². The highest BCUT2D eigenvalue weighted by atomic mass is 35.5. The number of hydrogen-bond donors (Lipinski definition) is 1. The van der Waals surface area contributed by atoms with Crippen LogP contribution in [0.3, 0.4) is 0 Å². The van der Waals surface area contributed by atoms with E-state index in [1.165, 1.54) is 24.3 Å². The number of benzene rings is 1. The Morgan fingerprint density at radius 2 is 1.80 bits per heavy atom. The summed E-state index contributed by atoms with van der Waals surface area (Å²) in [4.78, 5) is 0.0908. The molecule has 1 rings (SSSR count). The molecular weight excluding hydrogens is 249 g/mol. The fraction of sp³-hybridized carbons (Fsp3) is 0.333. The Balaban J connectivity index is 2.72. The third kappa shape index (κ3) is 4.32. The minimum Gasteiger partial charge on any atom is -0.387 e. The summed E-state index contributed by atoms with van der Waals surface area (Å²) in [6, 6.07) is 5.48. The van der Waals surface area contributed by atoms with Gasteiger partial charge in [0, 0.05) is 4.90 Å². The number of rotatable bonds is 3. The Morgan fingerprint density at radius 3 is 2.20 bits per heavy atom. The lowest BCUT2D eigenvalue weighted by Crippen LogP contribution is -2.00. The van der Waals surface area contributed by atoms with Gasteiger partial charge in [0.25, 0.3) is 0 Å². The lowest BCUT2D eigenvalue weighted by Gasteiger charge is -2.09. The van der Waals surface area contributed by atoms with Gasteiger partial charge in [-0.05, 0) is 29.5 Å². The lowest BCUT2D eigenvalue weighted by atomic mass is 10.1. The topological polar surface area (TPSA) is 20.2 Å². The van der Waals surface area contributed by atoms with Crippen molar-refractivity contribution in [2.75, 3.05) is 5.88 Å². The van der Waals surface area contributed by atoms with Crippen molar-refractivity contribution in [3.05, 3.63) is 29.8 Å². The van der Waals surface area contributed by atoms with Crippen LogP contribution in [0.5, 0.6) is 0 Å². The zero-order valence-electron chi connectivity index (χ0n) is 7.46. The summed E-state index contributed by atoms with van der Waals surface area (Å²) in [5.41, 5.74) is -3.77. The summed E-state index contributed by atoms with van der Waals surface area (Å²) >= 11 is 5.21. The maximum absolute atomic E-state index is 12.0. The fourth-order valence-corrected chi connectivity index (χ4v) is 1.70. The molecule has 0 aromatic heterocycles. The van der Waals surface area contributed by atoms with Crippen molar-refractivity contribution in [1.82, 2.24) is 0 Å². The molecule has 0 aliphatic rings. The van der Waals surface area contributed by atoms with E-state index in [2.05, 4.69) is 0 Å². The van der Waals surface area contributed by atoms with Crippen LogP contribution in [0.1, 0.15) is 11.7 Å². The van der Waals surface area contributed by atoms with Crippen LogP contribution in [0.15, 0.2) is 29.2 Å². The highest BCUT2D eigenvalue weighted by Crippen LogP contribution is 2.36. The smallest absolute Gasteiger partial charge is 0.387 e. The molecule has 1 unspecified atom stereocenters. The third-order valence-electron chi connectivity index (χ3n) is 1.64. The first kappa shape index (κ1) is 12.7. The molecule has 0 aliphatic carbocycles. The van der Waals surface area contributed by atoms with E-state index in [0.717, 1.165) is 0 Å². The normalized spacial score (nSPS) is 13.9. The van der Waals surface area contributed by atoms with Gasteiger partial charge in [-0.15, -0.1) is 11.6 Å². The van der Waals surface area contributed by atoms with E-state index in [1.807, 2.05) is 0 Å². The summed E-state index contributed by atoms with van der Waals surface area (Å²) in [6.45, 7) is 0. The zero-order valence-corrected chi connectivity index (χ0v) is 9.03. The first-order valence-electron chi connectivity index (χ1n) is 4.02. The molecule has 0 aliphatic heterocycles. The minimum absolute atomic E-state index is 0.0196. The van der Waals surface area contributed by atoms with Crippen LogP contribution >= 0.6 is 23.4 Å². The summed E-state index contributed by atoms with van der Waals surface area (Å²) in [5, 5.41) is 9.29. The highest BCUT2D eigenvalue weighted by molar-refractivity contribution is 8.00. The fourth-order valence-electron chi connectivity index (χ4n) is 0.981. The third-order valence-corrected chi connectivity index (χ3v) is 2.68. The molecule has 1 aromatic rings. The van der Waals surface area contributed by atoms with E-state index in [4.69, 9.17) is 11.6 Å². The van der Waals surface area contributed by atoms with Crippen molar-refractivity contribution in [3.63, 3.8) is 0 Å². The molecule has 0 bridgehead atoms. The Kier molecular flexibility index (Phi) is 4.31. The molecule has 84 valence electrons. The predicted molar refractivity (Wildman–Crippen MR) is 54.0 cm³/mol. The van der Waals surface area contributed by atoms with E-state index >= 15 is 0 Å². The molecule has 1 nitrogen and oxygen atoms in total. The van der Waals surface area contributed by atoms with E-state index < -0.39 is 11.6 Å². The van der Waals surface area contributed by atoms with Gasteiger partial charge in [-0.1, -0.05) is 12.1 Å². The number of aliphatic hydroxyl groups is 1. The molecular formula is C9H8ClF3OS. The number of thioether (sulfide) groups is 1. The molecule has 0 saturated heterocycles. The van der Waals surface area contributed by atoms with Gasteiger partial charge in [0.15, 0.2) is 0 Å². The van der Waals surface area contributed by atoms with E-state index in [9.17, 15) is 18.3 Å². The Bertz CT molecular complexity index is 312. The van der Waals surface area contributed by atoms with Crippen molar-refractivity contribution in [2.24, 2.45) is 0 Å². The van der Waals surface area contributed by atoms with Crippen molar-refractivity contribution >= 4 is 23.4 Å². The lowest BCUT2D eigenvalue weighted by molar-refractivity contribution is -0.0328. The largest absolute Gasteiger partial charge is 0.446 e. The first-order valence-corrected chi connectivity index (χ1v) is 5.37. The molecule has 6 heteroatoms. The molecule has 0 spiro atoms. The molecule has 1 aromatic carbocycles. The minimum atomic E-state index is -4.29. The number of aliphatic hydroxyl groups excluding tert-OH is 1. The van der Waals surface area contributed by atoms with E-state index in [1.54, 1.807) is 0 Å². The molecule has 1 N–H and O–H groups in total. The SMILES string of the molecule is OC(CCl)c1ccc(SC(F)(F)F)cc1. The summed E-state index contributed by atoms with van der Waals surface area (Å²) in [7, 11) is 0. The van der Waals surface area contributed by atoms with Crippen LogP contribution in [0, 0.1) is 0 Å². The Morgan fingerprint density at radius 1 is 1.27 bits per heavy atom. The second kappa shape index (κ2) is 5.09. The van der Waals surface area contributed by atoms with Gasteiger partial charge in [0.05, 0.1) is 12.0 Å². The van der Waals surface area contributed by atoms with Crippen molar-refractivity contribution in [2.45, 2.75) is 16.5 Å². The van der Waals surface area contributed by atoms with Crippen molar-refractivity contribution < 1.29 is 18.3 Å². The predicted octanol–water partition coefficient (Wildman–Crippen LogP) is 3.57. The van der Waals surface area contributed by atoms with Gasteiger partial charge >= 0.3 is 5.51 Å². The molecule has 0 saturated carbocycles. The van der Waals surface area contributed by atoms with Gasteiger partial charge in [0.1, 0.15) is 0 Å². The summed E-state index contributed by atoms with van der Waals surface area (Å²) < 4.78 is 35.9. The molecule has 1 atom stereocenters. The maximum atomic E-state index is 12.0. The number of halogens is 4. The zero-order chi connectivity index (χ0) is 11.5. The van der Waals surface area contributed by atoms with Crippen LogP contribution in [-0.2, 0) is 0 Å². The van der Waals surface area contributed by atoms with Crippen LogP contribution in [-0.4, -0.2) is 16.5 Å². The highest BCUT2D eigenvalue weighted by Gasteiger charge is 2.29. The monoisotopic (exact) mass is 256 g/mol. The van der Waals surface area contributed by atoms with Crippen LogP contribution in [0.4, 0.5) is 13.2 Å². The second-order valence-electron chi connectivity index (χ2n) is 2.79. The quantitative estimate of drug-likeness (QED) is 0.659. The van der Waals surface area contributed by atoms with Gasteiger partial charge in [0.2, 0.25) is 0 Å². The summed E-state index contributed by atoms with van der Waals surface area (Å²) in [5.74, 6) is 0.0196. The molecule has 0 radical (unpaired) electrons. The van der Waals surface area contributed by atoms with Crippen molar-refractivity contribution in [1.29, 1.82) is 0 Å². The second-order valence-corrected chi connectivity index (χ2v) is 4.23. The number of hydrogen-bond acceptors (Lipinski definition) is 2. The van der Waals surface area contributed by atoms with Gasteiger partial charge in [-0.3, -0.25) is 0 Å². The van der Waals surface area contributed by atoms with Gasteiger partial charge in [-0.2, -0.15) is 13.2 Å². The average Bonchev–Trinajstić information content (AvgIpc) is 2.15. The number of alkyl halides is 4. The molecule has 15 heavy (non-hydrogen) atoms. The standard InChI is InChI=1S/C9H8ClF3OS/c10-5-8(14)6-1-3-7(4-2-6)15-9(11,12)13/h1-4,8,14H,5H2. The van der Waals surface area contributed by atoms with Crippen LogP contribution < -0.4 is 0 Å². The van der Waals surface area contributed by atoms with E-state index in [0.29, 0.717) is 5.56 Å². The summed E-state index contributed by atoms with van der Waals surface area (Å²) in [6.07, 6.45) is -0.836. The van der Waals surface area contributed by atoms with Crippen molar-refractivity contribution in [3.8, 4) is 0 Å². The maximum Gasteiger partial charge on any atom is 0.446 e. The van der Waals surface area contributed by atoms with Gasteiger partial charge < -0.3 is 5.11 Å².